The second-order valence-electron chi connectivity index (χ2n) is 6.39. The van der Waals surface area contributed by atoms with E-state index in [2.05, 4.69) is 0 Å². The van der Waals surface area contributed by atoms with Crippen LogP contribution in [0.1, 0.15) is 44.0 Å². The van der Waals surface area contributed by atoms with Gasteiger partial charge < -0.3 is 0 Å². The van der Waals surface area contributed by atoms with Crippen LogP contribution in [0, 0.1) is 5.41 Å². The van der Waals surface area contributed by atoms with Gasteiger partial charge in [-0.3, -0.25) is 4.79 Å². The molecule has 0 heterocycles. The molecule has 1 aromatic rings. The van der Waals surface area contributed by atoms with Crippen molar-refractivity contribution >= 4 is 5.78 Å². The number of allylic oxidation sites excluding steroid dienone is 4. The zero-order valence-electron chi connectivity index (χ0n) is 12.3. The number of rotatable bonds is 3. The first-order valence-electron chi connectivity index (χ1n) is 6.97. The summed E-state index contributed by atoms with van der Waals surface area (Å²) in [5.41, 5.74) is -0.160. The average molecular weight is 272 g/mol. The number of carbonyl (C=O) groups excluding carboxylic acids is 1. The van der Waals surface area contributed by atoms with Gasteiger partial charge in [0.15, 0.2) is 5.78 Å². The van der Waals surface area contributed by atoms with Crippen LogP contribution >= 0.6 is 0 Å². The van der Waals surface area contributed by atoms with Crippen LogP contribution in [-0.2, 0) is 0 Å². The molecule has 0 amide bonds. The van der Waals surface area contributed by atoms with Crippen LogP contribution in [0.5, 0.6) is 0 Å². The van der Waals surface area contributed by atoms with Crippen LogP contribution in [0.3, 0.4) is 0 Å². The van der Waals surface area contributed by atoms with Crippen molar-refractivity contribution in [2.75, 3.05) is 0 Å². The van der Waals surface area contributed by atoms with Gasteiger partial charge in [0.1, 0.15) is 5.67 Å². The van der Waals surface area contributed by atoms with E-state index in [0.29, 0.717) is 18.4 Å². The summed E-state index contributed by atoms with van der Waals surface area (Å²) < 4.78 is 14.7. The van der Waals surface area contributed by atoms with Gasteiger partial charge in [0.05, 0.1) is 0 Å². The molecule has 0 aliphatic heterocycles. The van der Waals surface area contributed by atoms with Crippen molar-refractivity contribution in [3.05, 3.63) is 59.7 Å². The average Bonchev–Trinajstić information content (AvgIpc) is 2.41. The lowest BCUT2D eigenvalue weighted by Gasteiger charge is -2.36. The van der Waals surface area contributed by atoms with E-state index in [0.717, 1.165) is 5.57 Å². The summed E-state index contributed by atoms with van der Waals surface area (Å²) in [5.74, 6) is 0.0728. The molecule has 2 rings (SSSR count). The normalized spacial score (nSPS) is 22.5. The number of alkyl halides is 1. The molecule has 0 aromatic heterocycles. The molecule has 1 aromatic carbocycles. The molecule has 0 radical (unpaired) electrons. The third-order valence-corrected chi connectivity index (χ3v) is 3.93. The van der Waals surface area contributed by atoms with E-state index in [-0.39, 0.29) is 5.78 Å². The summed E-state index contributed by atoms with van der Waals surface area (Å²) in [6.07, 6.45) is 5.90. The highest BCUT2D eigenvalue weighted by Crippen LogP contribution is 2.41. The van der Waals surface area contributed by atoms with Gasteiger partial charge in [-0.05, 0) is 17.1 Å². The summed E-state index contributed by atoms with van der Waals surface area (Å²) in [4.78, 5) is 12.1. The molecule has 0 saturated heterocycles. The minimum atomic E-state index is -1.33. The fourth-order valence-corrected chi connectivity index (χ4v) is 2.25. The molecule has 0 fully saturated rings. The predicted molar refractivity (Wildman–Crippen MR) is 80.5 cm³/mol. The van der Waals surface area contributed by atoms with Gasteiger partial charge in [0.25, 0.3) is 0 Å². The van der Waals surface area contributed by atoms with E-state index < -0.39 is 11.1 Å². The number of benzene rings is 1. The molecular formula is C18H21FO. The molecule has 1 nitrogen and oxygen atoms in total. The van der Waals surface area contributed by atoms with Gasteiger partial charge in [-0.25, -0.2) is 4.39 Å². The van der Waals surface area contributed by atoms with E-state index in [1.54, 1.807) is 12.2 Å². The highest BCUT2D eigenvalue weighted by Gasteiger charge is 2.40. The van der Waals surface area contributed by atoms with Crippen LogP contribution in [0.4, 0.5) is 4.39 Å². The lowest BCUT2D eigenvalue weighted by molar-refractivity contribution is 0.0802. The molecule has 1 atom stereocenters. The van der Waals surface area contributed by atoms with Gasteiger partial charge in [-0.15, -0.1) is 0 Å². The van der Waals surface area contributed by atoms with Gasteiger partial charge >= 0.3 is 0 Å². The molecule has 0 spiro atoms. The second kappa shape index (κ2) is 5.35. The molecular weight excluding hydrogens is 251 g/mol. The van der Waals surface area contributed by atoms with Crippen molar-refractivity contribution in [2.24, 2.45) is 5.41 Å². The van der Waals surface area contributed by atoms with Crippen molar-refractivity contribution in [1.29, 1.82) is 0 Å². The quantitative estimate of drug-likeness (QED) is 0.715. The monoisotopic (exact) mass is 272 g/mol. The summed E-state index contributed by atoms with van der Waals surface area (Å²) in [6.45, 7) is 5.68. The van der Waals surface area contributed by atoms with Crippen molar-refractivity contribution in [2.45, 2.75) is 39.3 Å². The fraction of sp³-hybridized carbons (Fsp3) is 0.389. The molecule has 106 valence electrons. The standard InChI is InChI=1S/C18H21FO/c1-17(2,3)18(19)11-9-14(10-12-18)13-16(20)15-7-5-4-6-8-15/h4-11H,12-13H2,1-3H3. The summed E-state index contributed by atoms with van der Waals surface area (Å²) in [5, 5.41) is 0. The van der Waals surface area contributed by atoms with E-state index in [9.17, 15) is 9.18 Å². The van der Waals surface area contributed by atoms with Gasteiger partial charge in [0, 0.05) is 18.4 Å². The highest BCUT2D eigenvalue weighted by atomic mass is 19.1. The minimum Gasteiger partial charge on any atom is -0.294 e. The molecule has 0 N–H and O–H groups in total. The number of hydrogen-bond donors (Lipinski definition) is 0. The first kappa shape index (κ1) is 14.7. The number of carbonyl (C=O) groups is 1. The lowest BCUT2D eigenvalue weighted by Crippen LogP contribution is -2.37. The number of hydrogen-bond acceptors (Lipinski definition) is 1. The summed E-state index contributed by atoms with van der Waals surface area (Å²) >= 11 is 0. The first-order chi connectivity index (χ1) is 9.32. The van der Waals surface area contributed by atoms with E-state index in [1.807, 2.05) is 57.2 Å². The fourth-order valence-electron chi connectivity index (χ4n) is 2.25. The van der Waals surface area contributed by atoms with Crippen molar-refractivity contribution in [1.82, 2.24) is 0 Å². The Morgan fingerprint density at radius 1 is 1.25 bits per heavy atom. The summed E-state index contributed by atoms with van der Waals surface area (Å²) in [6, 6.07) is 9.21. The van der Waals surface area contributed by atoms with E-state index >= 15 is 0 Å². The maximum absolute atomic E-state index is 14.7. The Labute approximate surface area is 120 Å². The smallest absolute Gasteiger partial charge is 0.167 e. The van der Waals surface area contributed by atoms with Crippen molar-refractivity contribution in [3.8, 4) is 0 Å². The van der Waals surface area contributed by atoms with Gasteiger partial charge in [0.2, 0.25) is 0 Å². The second-order valence-corrected chi connectivity index (χ2v) is 6.39. The molecule has 20 heavy (non-hydrogen) atoms. The van der Waals surface area contributed by atoms with Crippen LogP contribution in [-0.4, -0.2) is 11.5 Å². The highest BCUT2D eigenvalue weighted by molar-refractivity contribution is 5.97. The maximum atomic E-state index is 14.7. The summed E-state index contributed by atoms with van der Waals surface area (Å²) in [7, 11) is 0. The van der Waals surface area contributed by atoms with Crippen LogP contribution in [0.15, 0.2) is 54.1 Å². The van der Waals surface area contributed by atoms with Crippen molar-refractivity contribution in [3.63, 3.8) is 0 Å². The SMILES string of the molecule is CC(C)(C)C1(F)C=CC(CC(=O)c2ccccc2)=CC1. The molecule has 0 saturated carbocycles. The Bertz CT molecular complexity index is 549. The third kappa shape index (κ3) is 3.06. The lowest BCUT2D eigenvalue weighted by atomic mass is 9.73. The number of Topliss-reactive ketones (excluding diaryl/α,β-unsaturated/α-hetero) is 1. The number of ketones is 1. The Hall–Kier alpha value is -1.70. The molecule has 1 unspecified atom stereocenters. The van der Waals surface area contributed by atoms with Crippen LogP contribution in [0.2, 0.25) is 0 Å². The molecule has 1 aliphatic carbocycles. The van der Waals surface area contributed by atoms with Gasteiger partial charge in [-0.2, -0.15) is 0 Å². The van der Waals surface area contributed by atoms with Crippen LogP contribution < -0.4 is 0 Å². The van der Waals surface area contributed by atoms with Crippen molar-refractivity contribution < 1.29 is 9.18 Å². The zero-order valence-corrected chi connectivity index (χ0v) is 12.3. The Morgan fingerprint density at radius 2 is 1.90 bits per heavy atom. The molecule has 2 heteroatoms. The topological polar surface area (TPSA) is 17.1 Å². The molecule has 0 bridgehead atoms. The van der Waals surface area contributed by atoms with Gasteiger partial charge in [-0.1, -0.05) is 63.3 Å². The third-order valence-electron chi connectivity index (χ3n) is 3.93. The van der Waals surface area contributed by atoms with E-state index in [1.165, 1.54) is 0 Å². The Kier molecular flexibility index (Phi) is 3.94. The Morgan fingerprint density at radius 3 is 2.40 bits per heavy atom. The van der Waals surface area contributed by atoms with Crippen LogP contribution in [0.25, 0.3) is 0 Å². The predicted octanol–water partition coefficient (Wildman–Crippen LogP) is 4.90. The largest absolute Gasteiger partial charge is 0.294 e. The molecule has 1 aliphatic rings. The minimum absolute atomic E-state index is 0.0728. The Balaban J connectivity index is 2.05. The zero-order chi connectivity index (χ0) is 14.8. The maximum Gasteiger partial charge on any atom is 0.167 e. The number of halogens is 1. The van der Waals surface area contributed by atoms with E-state index in [4.69, 9.17) is 0 Å². The first-order valence-corrected chi connectivity index (χ1v) is 6.97.